The normalized spacial score (nSPS) is 15.4. The summed E-state index contributed by atoms with van der Waals surface area (Å²) in [6.45, 7) is 3.20. The van der Waals surface area contributed by atoms with Crippen molar-refractivity contribution in [2.45, 2.75) is 57.9 Å². The van der Waals surface area contributed by atoms with Gasteiger partial charge in [-0.1, -0.05) is 49.7 Å². The summed E-state index contributed by atoms with van der Waals surface area (Å²) < 4.78 is 1.81. The molecular formula is C18H25N5S. The second kappa shape index (κ2) is 8.33. The minimum absolute atomic E-state index is 0.626. The van der Waals surface area contributed by atoms with E-state index in [1.54, 1.807) is 4.68 Å². The molecular weight excluding hydrogens is 318 g/mol. The van der Waals surface area contributed by atoms with Gasteiger partial charge in [0.15, 0.2) is 5.82 Å². The fraction of sp³-hybridized carbons (Fsp3) is 0.556. The van der Waals surface area contributed by atoms with E-state index in [-0.39, 0.29) is 0 Å². The van der Waals surface area contributed by atoms with Gasteiger partial charge in [0.25, 0.3) is 0 Å². The van der Waals surface area contributed by atoms with Crippen molar-refractivity contribution in [3.8, 4) is 5.69 Å². The number of aromatic nitrogens is 4. The Morgan fingerprint density at radius 3 is 2.67 bits per heavy atom. The highest BCUT2D eigenvalue weighted by Gasteiger charge is 2.22. The number of nitrogens with zero attached hydrogens (tertiary/aromatic N) is 5. The van der Waals surface area contributed by atoms with Crippen LogP contribution in [-0.2, 0) is 6.42 Å². The Bertz CT molecular complexity index is 648. The van der Waals surface area contributed by atoms with Gasteiger partial charge < -0.3 is 4.90 Å². The van der Waals surface area contributed by atoms with E-state index < -0.39 is 0 Å². The van der Waals surface area contributed by atoms with Crippen LogP contribution in [0.3, 0.4) is 0 Å². The maximum Gasteiger partial charge on any atom is 0.157 e. The monoisotopic (exact) mass is 343 g/mol. The molecule has 0 radical (unpaired) electrons. The van der Waals surface area contributed by atoms with Crippen molar-refractivity contribution in [2.24, 2.45) is 0 Å². The summed E-state index contributed by atoms with van der Waals surface area (Å²) >= 11 is 5.74. The molecule has 1 saturated carbocycles. The van der Waals surface area contributed by atoms with Crippen LogP contribution >= 0.6 is 12.2 Å². The predicted molar refractivity (Wildman–Crippen MR) is 99.3 cm³/mol. The lowest BCUT2D eigenvalue weighted by atomic mass is 9.94. The molecule has 128 valence electrons. The van der Waals surface area contributed by atoms with Crippen molar-refractivity contribution < 1.29 is 0 Å². The van der Waals surface area contributed by atoms with Gasteiger partial charge in [-0.2, -0.15) is 4.68 Å². The lowest BCUT2D eigenvalue weighted by Crippen LogP contribution is -2.40. The topological polar surface area (TPSA) is 46.8 Å². The molecule has 6 heteroatoms. The number of hydrogen-bond acceptors (Lipinski definition) is 4. The zero-order valence-corrected chi connectivity index (χ0v) is 15.1. The molecule has 1 aliphatic carbocycles. The molecule has 1 fully saturated rings. The standard InChI is InChI=1S/C18H25N5S/c1-2-22(15-9-5-3-6-10-15)18(24)14-13-17-19-20-21-23(17)16-11-7-4-8-12-16/h4,7-8,11-12,15H,2-3,5-6,9-10,13-14H2,1H3. The van der Waals surface area contributed by atoms with Crippen molar-refractivity contribution in [1.29, 1.82) is 0 Å². The quantitative estimate of drug-likeness (QED) is 0.750. The Morgan fingerprint density at radius 2 is 1.96 bits per heavy atom. The van der Waals surface area contributed by atoms with Gasteiger partial charge in [0, 0.05) is 25.4 Å². The van der Waals surface area contributed by atoms with E-state index in [2.05, 4.69) is 27.3 Å². The molecule has 24 heavy (non-hydrogen) atoms. The second-order valence-electron chi connectivity index (χ2n) is 6.31. The van der Waals surface area contributed by atoms with Crippen LogP contribution < -0.4 is 0 Å². The highest BCUT2D eigenvalue weighted by atomic mass is 32.1. The zero-order chi connectivity index (χ0) is 16.8. The van der Waals surface area contributed by atoms with Gasteiger partial charge in [-0.15, -0.1) is 5.10 Å². The first-order chi connectivity index (χ1) is 11.8. The SMILES string of the molecule is CCN(C(=S)CCc1nnnn1-c1ccccc1)C1CCCCC1. The van der Waals surface area contributed by atoms with Crippen molar-refractivity contribution in [3.05, 3.63) is 36.2 Å². The van der Waals surface area contributed by atoms with E-state index in [1.807, 2.05) is 30.3 Å². The summed E-state index contributed by atoms with van der Waals surface area (Å²) in [7, 11) is 0. The third-order valence-electron chi connectivity index (χ3n) is 4.77. The number of aryl methyl sites for hydroxylation is 1. The molecule has 0 saturated heterocycles. The average molecular weight is 344 g/mol. The van der Waals surface area contributed by atoms with Crippen molar-refractivity contribution in [3.63, 3.8) is 0 Å². The molecule has 0 N–H and O–H groups in total. The van der Waals surface area contributed by atoms with Crippen LogP contribution in [0.5, 0.6) is 0 Å². The first-order valence-electron chi connectivity index (χ1n) is 8.91. The molecule has 5 nitrogen and oxygen atoms in total. The highest BCUT2D eigenvalue weighted by molar-refractivity contribution is 7.80. The van der Waals surface area contributed by atoms with Gasteiger partial charge in [-0.3, -0.25) is 0 Å². The highest BCUT2D eigenvalue weighted by Crippen LogP contribution is 2.23. The molecule has 3 rings (SSSR count). The molecule has 0 unspecified atom stereocenters. The van der Waals surface area contributed by atoms with Crippen LogP contribution in [0.15, 0.2) is 30.3 Å². The number of hydrogen-bond donors (Lipinski definition) is 0. The number of para-hydroxylation sites is 1. The van der Waals surface area contributed by atoms with E-state index >= 15 is 0 Å². The zero-order valence-electron chi connectivity index (χ0n) is 14.3. The molecule has 0 amide bonds. The maximum absolute atomic E-state index is 5.74. The second-order valence-corrected chi connectivity index (χ2v) is 6.79. The van der Waals surface area contributed by atoms with Crippen LogP contribution in [0.25, 0.3) is 5.69 Å². The van der Waals surface area contributed by atoms with Crippen molar-refractivity contribution >= 4 is 17.2 Å². The van der Waals surface area contributed by atoms with E-state index in [9.17, 15) is 0 Å². The minimum atomic E-state index is 0.626. The van der Waals surface area contributed by atoms with Crippen LogP contribution in [0, 0.1) is 0 Å². The molecule has 0 spiro atoms. The fourth-order valence-electron chi connectivity index (χ4n) is 3.52. The van der Waals surface area contributed by atoms with Gasteiger partial charge in [-0.25, -0.2) is 0 Å². The van der Waals surface area contributed by atoms with Gasteiger partial charge in [-0.05, 0) is 42.3 Å². The summed E-state index contributed by atoms with van der Waals surface area (Å²) in [5.74, 6) is 0.864. The Labute approximate surface area is 149 Å². The first-order valence-corrected chi connectivity index (χ1v) is 9.32. The van der Waals surface area contributed by atoms with Crippen LogP contribution in [0.1, 0.15) is 51.3 Å². The number of rotatable bonds is 6. The third kappa shape index (κ3) is 3.98. The molecule has 0 aliphatic heterocycles. The fourth-order valence-corrected chi connectivity index (χ4v) is 3.90. The largest absolute Gasteiger partial charge is 0.363 e. The average Bonchev–Trinajstić information content (AvgIpc) is 3.11. The van der Waals surface area contributed by atoms with Crippen molar-refractivity contribution in [2.75, 3.05) is 6.54 Å². The van der Waals surface area contributed by atoms with E-state index in [0.717, 1.165) is 35.9 Å². The molecule has 2 aromatic rings. The van der Waals surface area contributed by atoms with E-state index in [1.165, 1.54) is 32.1 Å². The van der Waals surface area contributed by atoms with Crippen LogP contribution in [-0.4, -0.2) is 42.7 Å². The Balaban J connectivity index is 1.63. The molecule has 1 aliphatic rings. The predicted octanol–water partition coefficient (Wildman–Crippen LogP) is 3.58. The lowest BCUT2D eigenvalue weighted by molar-refractivity contribution is 0.252. The van der Waals surface area contributed by atoms with Gasteiger partial charge in [0.2, 0.25) is 0 Å². The first kappa shape index (κ1) is 17.0. The van der Waals surface area contributed by atoms with Crippen LogP contribution in [0.2, 0.25) is 0 Å². The Kier molecular flexibility index (Phi) is 5.91. The van der Waals surface area contributed by atoms with E-state index in [4.69, 9.17) is 12.2 Å². The van der Waals surface area contributed by atoms with Crippen molar-refractivity contribution in [1.82, 2.24) is 25.1 Å². The summed E-state index contributed by atoms with van der Waals surface area (Å²) in [5, 5.41) is 12.1. The summed E-state index contributed by atoms with van der Waals surface area (Å²) in [4.78, 5) is 3.47. The maximum atomic E-state index is 5.74. The molecule has 1 aromatic heterocycles. The lowest BCUT2D eigenvalue weighted by Gasteiger charge is -2.35. The minimum Gasteiger partial charge on any atom is -0.363 e. The number of thiocarbonyl (C=S) groups is 1. The molecule has 0 atom stereocenters. The summed E-state index contributed by atoms with van der Waals surface area (Å²) in [6, 6.07) is 10.6. The van der Waals surface area contributed by atoms with Gasteiger partial charge >= 0.3 is 0 Å². The van der Waals surface area contributed by atoms with Crippen LogP contribution in [0.4, 0.5) is 0 Å². The number of benzene rings is 1. The van der Waals surface area contributed by atoms with Gasteiger partial charge in [0.1, 0.15) is 0 Å². The van der Waals surface area contributed by atoms with E-state index in [0.29, 0.717) is 6.04 Å². The Hall–Kier alpha value is -1.82. The molecule has 1 heterocycles. The molecule has 0 bridgehead atoms. The number of tetrazole rings is 1. The Morgan fingerprint density at radius 1 is 1.21 bits per heavy atom. The summed E-state index contributed by atoms with van der Waals surface area (Å²) in [6.07, 6.45) is 8.17. The third-order valence-corrected chi connectivity index (χ3v) is 5.21. The van der Waals surface area contributed by atoms with Gasteiger partial charge in [0.05, 0.1) is 10.7 Å². The molecule has 1 aromatic carbocycles. The smallest absolute Gasteiger partial charge is 0.157 e. The summed E-state index contributed by atoms with van der Waals surface area (Å²) in [5.41, 5.74) is 0.989.